The minimum Gasteiger partial charge on any atom is -0.350 e. The number of hydrogen-bond donors (Lipinski definition) is 1. The Labute approximate surface area is 198 Å². The first-order valence-corrected chi connectivity index (χ1v) is 12.8. The van der Waals surface area contributed by atoms with Gasteiger partial charge in [0.1, 0.15) is 5.69 Å². The van der Waals surface area contributed by atoms with Crippen LogP contribution in [0.5, 0.6) is 0 Å². The van der Waals surface area contributed by atoms with Crippen LogP contribution in [0.25, 0.3) is 10.9 Å². The molecule has 2 aromatic carbocycles. The molecule has 0 aliphatic carbocycles. The summed E-state index contributed by atoms with van der Waals surface area (Å²) in [5, 5.41) is 1.20. The monoisotopic (exact) mass is 443 g/mol. The minimum atomic E-state index is 0.188. The van der Waals surface area contributed by atoms with Crippen molar-refractivity contribution >= 4 is 16.8 Å². The highest BCUT2D eigenvalue weighted by Gasteiger charge is 2.27. The third-order valence-corrected chi connectivity index (χ3v) is 7.84. The van der Waals surface area contributed by atoms with Crippen LogP contribution < -0.4 is 0 Å². The van der Waals surface area contributed by atoms with E-state index in [-0.39, 0.29) is 5.91 Å². The molecule has 2 fully saturated rings. The van der Waals surface area contributed by atoms with Crippen LogP contribution in [-0.2, 0) is 6.54 Å². The van der Waals surface area contributed by atoms with Gasteiger partial charge in [0.2, 0.25) is 0 Å². The molecule has 0 atom stereocenters. The van der Waals surface area contributed by atoms with Crippen LogP contribution in [0.3, 0.4) is 0 Å². The molecule has 5 rings (SSSR count). The Morgan fingerprint density at radius 3 is 2.24 bits per heavy atom. The Balaban J connectivity index is 1.36. The lowest BCUT2D eigenvalue weighted by molar-refractivity contribution is 0.0754. The number of nitrogens with one attached hydrogen (secondary N) is 1. The van der Waals surface area contributed by atoms with Gasteiger partial charge in [-0.15, -0.1) is 0 Å². The fourth-order valence-corrected chi connectivity index (χ4v) is 6.05. The summed E-state index contributed by atoms with van der Waals surface area (Å²) < 4.78 is 0. The van der Waals surface area contributed by atoms with Crippen LogP contribution >= 0.6 is 0 Å². The largest absolute Gasteiger partial charge is 0.350 e. The molecule has 1 aromatic heterocycles. The van der Waals surface area contributed by atoms with Crippen LogP contribution in [0.15, 0.2) is 42.5 Å². The summed E-state index contributed by atoms with van der Waals surface area (Å²) in [7, 11) is 0. The second-order valence-electron chi connectivity index (χ2n) is 10.1. The van der Waals surface area contributed by atoms with Crippen molar-refractivity contribution in [2.24, 2.45) is 0 Å². The molecule has 1 N–H and O–H groups in total. The van der Waals surface area contributed by atoms with Crippen molar-refractivity contribution < 1.29 is 4.79 Å². The zero-order valence-corrected chi connectivity index (χ0v) is 20.2. The average molecular weight is 444 g/mol. The van der Waals surface area contributed by atoms with Crippen molar-refractivity contribution in [3.8, 4) is 0 Å². The summed E-state index contributed by atoms with van der Waals surface area (Å²) >= 11 is 0. The molecule has 0 unspecified atom stereocenters. The number of aromatic nitrogens is 1. The zero-order chi connectivity index (χ0) is 22.8. The summed E-state index contributed by atoms with van der Waals surface area (Å²) in [6, 6.07) is 15.1. The van der Waals surface area contributed by atoms with E-state index in [9.17, 15) is 4.79 Å². The Kier molecular flexibility index (Phi) is 6.55. The molecule has 4 nitrogen and oxygen atoms in total. The van der Waals surface area contributed by atoms with Crippen molar-refractivity contribution in [3.63, 3.8) is 0 Å². The number of likely N-dealkylation sites (tertiary alicyclic amines) is 2. The van der Waals surface area contributed by atoms with Crippen LogP contribution in [0.2, 0.25) is 0 Å². The lowest BCUT2D eigenvalue weighted by Crippen LogP contribution is -2.35. The molecule has 2 aliphatic rings. The number of amides is 1. The highest BCUT2D eigenvalue weighted by molar-refractivity contribution is 6.01. The Bertz CT molecular complexity index is 1090. The van der Waals surface area contributed by atoms with E-state index in [0.717, 1.165) is 56.8 Å². The van der Waals surface area contributed by atoms with Crippen molar-refractivity contribution in [3.05, 3.63) is 70.4 Å². The number of H-pyrrole nitrogens is 1. The van der Waals surface area contributed by atoms with Gasteiger partial charge >= 0.3 is 0 Å². The molecule has 2 saturated heterocycles. The van der Waals surface area contributed by atoms with Gasteiger partial charge in [-0.1, -0.05) is 49.2 Å². The van der Waals surface area contributed by atoms with Gasteiger partial charge in [0.05, 0.1) is 0 Å². The summed E-state index contributed by atoms with van der Waals surface area (Å²) in [5.41, 5.74) is 7.49. The first-order valence-electron chi connectivity index (χ1n) is 12.8. The first kappa shape index (κ1) is 22.2. The SMILES string of the molecule is Cc1cccc(C)c1C1CCN(Cc2c(C(=O)N3CCCCCC3)[nH]c3ccccc23)CC1. The first-order chi connectivity index (χ1) is 16.1. The Morgan fingerprint density at radius 1 is 0.879 bits per heavy atom. The number of fused-ring (bicyclic) bond motifs is 1. The normalized spacial score (nSPS) is 18.5. The topological polar surface area (TPSA) is 39.3 Å². The molecule has 3 aromatic rings. The van der Waals surface area contributed by atoms with Crippen LogP contribution in [0.1, 0.15) is 77.2 Å². The van der Waals surface area contributed by atoms with E-state index in [0.29, 0.717) is 5.92 Å². The maximum Gasteiger partial charge on any atom is 0.270 e. The Hall–Kier alpha value is -2.59. The van der Waals surface area contributed by atoms with Crippen LogP contribution in [0, 0.1) is 13.8 Å². The molecule has 0 spiro atoms. The number of rotatable bonds is 4. The predicted octanol–water partition coefficient (Wildman–Crippen LogP) is 6.18. The maximum absolute atomic E-state index is 13.6. The minimum absolute atomic E-state index is 0.188. The van der Waals surface area contributed by atoms with Gasteiger partial charge in [-0.05, 0) is 81.3 Å². The molecule has 33 heavy (non-hydrogen) atoms. The molecular formula is C29H37N3O. The number of carbonyl (C=O) groups excluding carboxylic acids is 1. The smallest absolute Gasteiger partial charge is 0.270 e. The van der Waals surface area contributed by atoms with Gasteiger partial charge in [0.15, 0.2) is 0 Å². The van der Waals surface area contributed by atoms with Gasteiger partial charge in [0, 0.05) is 36.1 Å². The van der Waals surface area contributed by atoms with Crippen molar-refractivity contribution in [1.82, 2.24) is 14.8 Å². The molecule has 0 bridgehead atoms. The lowest BCUT2D eigenvalue weighted by Gasteiger charge is -2.33. The second-order valence-corrected chi connectivity index (χ2v) is 10.1. The number of hydrogen-bond acceptors (Lipinski definition) is 2. The van der Waals surface area contributed by atoms with Crippen molar-refractivity contribution in [2.45, 2.75) is 64.8 Å². The van der Waals surface area contributed by atoms with Gasteiger partial charge in [0.25, 0.3) is 5.91 Å². The quantitative estimate of drug-likeness (QED) is 0.523. The van der Waals surface area contributed by atoms with Crippen LogP contribution in [-0.4, -0.2) is 46.9 Å². The van der Waals surface area contributed by atoms with Gasteiger partial charge in [-0.3, -0.25) is 9.69 Å². The number of carbonyl (C=O) groups is 1. The lowest BCUT2D eigenvalue weighted by atomic mass is 9.84. The van der Waals surface area contributed by atoms with E-state index in [2.05, 4.69) is 71.1 Å². The molecular weight excluding hydrogens is 406 g/mol. The van der Waals surface area contributed by atoms with E-state index in [4.69, 9.17) is 0 Å². The predicted molar refractivity (Wildman–Crippen MR) is 136 cm³/mol. The summed E-state index contributed by atoms with van der Waals surface area (Å²) in [6.07, 6.45) is 7.07. The molecule has 4 heteroatoms. The van der Waals surface area contributed by atoms with Gasteiger partial charge in [-0.2, -0.15) is 0 Å². The fraction of sp³-hybridized carbons (Fsp3) is 0.483. The standard InChI is InChI=1S/C29H37N3O/c1-21-10-9-11-22(2)27(21)23-14-18-31(19-15-23)20-25-24-12-5-6-13-26(24)30-28(25)29(33)32-16-7-3-4-8-17-32/h5-6,9-13,23,30H,3-4,7-8,14-20H2,1-2H3. The maximum atomic E-state index is 13.6. The Morgan fingerprint density at radius 2 is 1.55 bits per heavy atom. The molecule has 1 amide bonds. The van der Waals surface area contributed by atoms with Crippen LogP contribution in [0.4, 0.5) is 0 Å². The summed E-state index contributed by atoms with van der Waals surface area (Å²) in [6.45, 7) is 9.27. The number of nitrogens with zero attached hydrogens (tertiary/aromatic N) is 2. The highest BCUT2D eigenvalue weighted by Crippen LogP contribution is 2.34. The summed E-state index contributed by atoms with van der Waals surface area (Å²) in [4.78, 5) is 21.7. The van der Waals surface area contributed by atoms with Crippen molar-refractivity contribution in [2.75, 3.05) is 26.2 Å². The van der Waals surface area contributed by atoms with E-state index < -0.39 is 0 Å². The fourth-order valence-electron chi connectivity index (χ4n) is 6.05. The molecule has 0 saturated carbocycles. The molecule has 3 heterocycles. The number of para-hydroxylation sites is 1. The summed E-state index contributed by atoms with van der Waals surface area (Å²) in [5.74, 6) is 0.831. The number of aryl methyl sites for hydroxylation is 2. The number of piperidine rings is 1. The van der Waals surface area contributed by atoms with Gasteiger partial charge < -0.3 is 9.88 Å². The van der Waals surface area contributed by atoms with E-state index in [1.54, 1.807) is 5.56 Å². The number of aromatic amines is 1. The third-order valence-electron chi connectivity index (χ3n) is 7.84. The van der Waals surface area contributed by atoms with E-state index in [1.807, 2.05) is 0 Å². The van der Waals surface area contributed by atoms with E-state index in [1.165, 1.54) is 47.8 Å². The van der Waals surface area contributed by atoms with E-state index >= 15 is 0 Å². The number of benzene rings is 2. The zero-order valence-electron chi connectivity index (χ0n) is 20.2. The average Bonchev–Trinajstić information content (AvgIpc) is 2.98. The third kappa shape index (κ3) is 4.59. The molecule has 2 aliphatic heterocycles. The van der Waals surface area contributed by atoms with Crippen molar-refractivity contribution in [1.29, 1.82) is 0 Å². The molecule has 174 valence electrons. The van der Waals surface area contributed by atoms with Gasteiger partial charge in [-0.25, -0.2) is 0 Å². The molecule has 0 radical (unpaired) electrons. The highest BCUT2D eigenvalue weighted by atomic mass is 16.2. The second kappa shape index (κ2) is 9.72.